The first-order valence-corrected chi connectivity index (χ1v) is 7.18. The lowest BCUT2D eigenvalue weighted by Gasteiger charge is -2.10. The molecule has 0 bridgehead atoms. The highest BCUT2D eigenvalue weighted by Gasteiger charge is 2.26. The molecule has 1 unspecified atom stereocenters. The van der Waals surface area contributed by atoms with Crippen molar-refractivity contribution in [2.45, 2.75) is 11.8 Å². The standard InChI is InChI=1S/C11H10ClF2NO2S/c1-7(4-12)6-18(16,17)11-9(13)2-8(5-15)3-10(11)14/h2-3,7H,4,6H2,1H3. The first-order chi connectivity index (χ1) is 8.31. The molecule has 0 aliphatic rings. The number of nitrogens with zero attached hydrogens (tertiary/aromatic N) is 1. The van der Waals surface area contributed by atoms with Gasteiger partial charge in [-0.15, -0.1) is 11.6 Å². The van der Waals surface area contributed by atoms with Crippen LogP contribution >= 0.6 is 11.6 Å². The van der Waals surface area contributed by atoms with Gasteiger partial charge in [0.1, 0.15) is 16.5 Å². The molecule has 0 heterocycles. The Morgan fingerprint density at radius 1 is 1.39 bits per heavy atom. The van der Waals surface area contributed by atoms with Crippen molar-refractivity contribution in [2.75, 3.05) is 11.6 Å². The SMILES string of the molecule is CC(CCl)CS(=O)(=O)c1c(F)cc(C#N)cc1F. The number of halogens is 3. The minimum Gasteiger partial charge on any atom is -0.223 e. The van der Waals surface area contributed by atoms with Crippen molar-refractivity contribution in [1.29, 1.82) is 5.26 Å². The lowest BCUT2D eigenvalue weighted by molar-refractivity contribution is 0.515. The Kier molecular flexibility index (Phi) is 4.65. The number of hydrogen-bond acceptors (Lipinski definition) is 3. The fourth-order valence-electron chi connectivity index (χ4n) is 1.42. The lowest BCUT2D eigenvalue weighted by Crippen LogP contribution is -2.18. The number of nitriles is 1. The van der Waals surface area contributed by atoms with Crippen LogP contribution in [0.5, 0.6) is 0 Å². The summed E-state index contributed by atoms with van der Waals surface area (Å²) in [4.78, 5) is -1.00. The molecule has 7 heteroatoms. The van der Waals surface area contributed by atoms with Gasteiger partial charge in [0, 0.05) is 5.88 Å². The maximum absolute atomic E-state index is 13.5. The quantitative estimate of drug-likeness (QED) is 0.801. The van der Waals surface area contributed by atoms with Crippen molar-refractivity contribution >= 4 is 21.4 Å². The predicted octanol–water partition coefficient (Wildman–Crippen LogP) is 2.49. The molecular weight excluding hydrogens is 284 g/mol. The summed E-state index contributed by atoms with van der Waals surface area (Å²) in [5, 5.41) is 8.51. The summed E-state index contributed by atoms with van der Waals surface area (Å²) in [6.45, 7) is 1.56. The minimum atomic E-state index is -4.10. The number of hydrogen-bond donors (Lipinski definition) is 0. The second-order valence-electron chi connectivity index (χ2n) is 3.92. The summed E-state index contributed by atoms with van der Waals surface area (Å²) < 4.78 is 50.7. The molecular formula is C11H10ClF2NO2S. The Morgan fingerprint density at radius 2 is 1.89 bits per heavy atom. The van der Waals surface area contributed by atoms with E-state index in [1.165, 1.54) is 0 Å². The van der Waals surface area contributed by atoms with Crippen LogP contribution in [0.1, 0.15) is 12.5 Å². The molecule has 0 spiro atoms. The third-order valence-corrected chi connectivity index (χ3v) is 4.75. The highest BCUT2D eigenvalue weighted by atomic mass is 35.5. The zero-order valence-electron chi connectivity index (χ0n) is 9.45. The molecule has 1 aromatic carbocycles. The van der Waals surface area contributed by atoms with E-state index in [4.69, 9.17) is 16.9 Å². The fraction of sp³-hybridized carbons (Fsp3) is 0.364. The van der Waals surface area contributed by atoms with Crippen LogP contribution in [0.3, 0.4) is 0 Å². The summed E-state index contributed by atoms with van der Waals surface area (Å²) in [7, 11) is -4.10. The van der Waals surface area contributed by atoms with Crippen LogP contribution in [0.2, 0.25) is 0 Å². The van der Waals surface area contributed by atoms with Gasteiger partial charge >= 0.3 is 0 Å². The molecule has 3 nitrogen and oxygen atoms in total. The van der Waals surface area contributed by atoms with Crippen LogP contribution in [0.25, 0.3) is 0 Å². The maximum Gasteiger partial charge on any atom is 0.184 e. The lowest BCUT2D eigenvalue weighted by atomic mass is 10.2. The van der Waals surface area contributed by atoms with Gasteiger partial charge in [0.05, 0.1) is 17.4 Å². The van der Waals surface area contributed by atoms with E-state index in [-0.39, 0.29) is 11.4 Å². The van der Waals surface area contributed by atoms with Gasteiger partial charge in [-0.25, -0.2) is 17.2 Å². The van der Waals surface area contributed by atoms with Crippen LogP contribution in [0.15, 0.2) is 17.0 Å². The van der Waals surface area contributed by atoms with Crippen LogP contribution in [-0.2, 0) is 9.84 Å². The Bertz CT molecular complexity index is 573. The monoisotopic (exact) mass is 293 g/mol. The molecule has 0 fully saturated rings. The number of sulfone groups is 1. The average molecular weight is 294 g/mol. The molecule has 1 aromatic rings. The average Bonchev–Trinajstić information content (AvgIpc) is 2.26. The second-order valence-corrected chi connectivity index (χ2v) is 6.20. The maximum atomic E-state index is 13.5. The van der Waals surface area contributed by atoms with E-state index in [2.05, 4.69) is 0 Å². The molecule has 0 aromatic heterocycles. The number of rotatable bonds is 4. The Morgan fingerprint density at radius 3 is 2.28 bits per heavy atom. The van der Waals surface area contributed by atoms with E-state index in [0.717, 1.165) is 0 Å². The van der Waals surface area contributed by atoms with E-state index in [9.17, 15) is 17.2 Å². The third kappa shape index (κ3) is 3.18. The van der Waals surface area contributed by atoms with Gasteiger partial charge in [-0.05, 0) is 18.1 Å². The van der Waals surface area contributed by atoms with Crippen molar-refractivity contribution in [1.82, 2.24) is 0 Å². The van der Waals surface area contributed by atoms with Crippen molar-refractivity contribution < 1.29 is 17.2 Å². The molecule has 1 atom stereocenters. The molecule has 1 rings (SSSR count). The van der Waals surface area contributed by atoms with Gasteiger partial charge in [-0.1, -0.05) is 6.92 Å². The summed E-state index contributed by atoms with van der Waals surface area (Å²) >= 11 is 5.48. The van der Waals surface area contributed by atoms with Crippen LogP contribution in [0, 0.1) is 28.9 Å². The third-order valence-electron chi connectivity index (χ3n) is 2.21. The zero-order valence-corrected chi connectivity index (χ0v) is 11.0. The van der Waals surface area contributed by atoms with Crippen molar-refractivity contribution in [3.63, 3.8) is 0 Å². The van der Waals surface area contributed by atoms with Gasteiger partial charge in [0.15, 0.2) is 9.84 Å². The van der Waals surface area contributed by atoms with Crippen molar-refractivity contribution in [2.24, 2.45) is 5.92 Å². The summed E-state index contributed by atoms with van der Waals surface area (Å²) in [6.07, 6.45) is 0. The number of benzene rings is 1. The minimum absolute atomic E-state index is 0.0682. The highest BCUT2D eigenvalue weighted by Crippen LogP contribution is 2.23. The van der Waals surface area contributed by atoms with Crippen LogP contribution in [-0.4, -0.2) is 20.1 Å². The Labute approximate surface area is 109 Å². The molecule has 0 aliphatic heterocycles. The summed E-state index contributed by atoms with van der Waals surface area (Å²) in [5.74, 6) is -3.32. The van der Waals surface area contributed by atoms with Gasteiger partial charge in [0.25, 0.3) is 0 Å². The highest BCUT2D eigenvalue weighted by molar-refractivity contribution is 7.91. The molecule has 0 N–H and O–H groups in total. The number of alkyl halides is 1. The van der Waals surface area contributed by atoms with Gasteiger partial charge in [0.2, 0.25) is 0 Å². The van der Waals surface area contributed by atoms with E-state index >= 15 is 0 Å². The Balaban J connectivity index is 3.30. The molecule has 0 aliphatic carbocycles. The zero-order chi connectivity index (χ0) is 13.9. The smallest absolute Gasteiger partial charge is 0.184 e. The topological polar surface area (TPSA) is 57.9 Å². The Hall–Kier alpha value is -1.19. The molecule has 98 valence electrons. The first kappa shape index (κ1) is 14.9. The molecule has 0 amide bonds. The second kappa shape index (κ2) is 5.63. The van der Waals surface area contributed by atoms with Gasteiger partial charge in [-0.2, -0.15) is 5.26 Å². The first-order valence-electron chi connectivity index (χ1n) is 4.99. The fourth-order valence-corrected chi connectivity index (χ4v) is 3.41. The van der Waals surface area contributed by atoms with Gasteiger partial charge < -0.3 is 0 Å². The molecule has 0 saturated heterocycles. The summed E-state index contributed by atoms with van der Waals surface area (Å²) in [5.41, 5.74) is -0.269. The predicted molar refractivity (Wildman–Crippen MR) is 63.0 cm³/mol. The van der Waals surface area contributed by atoms with E-state index < -0.39 is 38.0 Å². The van der Waals surface area contributed by atoms with E-state index in [1.807, 2.05) is 0 Å². The molecule has 0 saturated carbocycles. The largest absolute Gasteiger partial charge is 0.223 e. The normalized spacial score (nSPS) is 13.1. The van der Waals surface area contributed by atoms with E-state index in [1.54, 1.807) is 13.0 Å². The van der Waals surface area contributed by atoms with Crippen LogP contribution in [0.4, 0.5) is 8.78 Å². The molecule has 0 radical (unpaired) electrons. The summed E-state index contributed by atoms with van der Waals surface area (Å²) in [6, 6.07) is 2.93. The van der Waals surface area contributed by atoms with Crippen molar-refractivity contribution in [3.8, 4) is 6.07 Å². The van der Waals surface area contributed by atoms with Crippen LogP contribution < -0.4 is 0 Å². The molecule has 18 heavy (non-hydrogen) atoms. The van der Waals surface area contributed by atoms with E-state index in [0.29, 0.717) is 12.1 Å². The van der Waals surface area contributed by atoms with Crippen molar-refractivity contribution in [3.05, 3.63) is 29.3 Å². The van der Waals surface area contributed by atoms with Gasteiger partial charge in [-0.3, -0.25) is 0 Å².